The molecule has 3 N–H and O–H groups in total. The fourth-order valence-electron chi connectivity index (χ4n) is 3.50. The van der Waals surface area contributed by atoms with E-state index >= 15 is 0 Å². The van der Waals surface area contributed by atoms with Crippen molar-refractivity contribution >= 4 is 44.7 Å². The summed E-state index contributed by atoms with van der Waals surface area (Å²) in [5.74, 6) is -1.24. The number of aryl methyl sites for hydroxylation is 1. The average molecular weight is 517 g/mol. The third kappa shape index (κ3) is 6.55. The van der Waals surface area contributed by atoms with Gasteiger partial charge in [-0.2, -0.15) is 0 Å². The zero-order valence-corrected chi connectivity index (χ0v) is 20.0. The van der Waals surface area contributed by atoms with Crippen molar-refractivity contribution in [2.24, 2.45) is 0 Å². The smallest absolute Gasteiger partial charge is 0.327 e. The molecule has 1 heterocycles. The first-order valence-electron chi connectivity index (χ1n) is 10.4. The van der Waals surface area contributed by atoms with Crippen molar-refractivity contribution in [2.45, 2.75) is 33.4 Å². The van der Waals surface area contributed by atoms with Gasteiger partial charge in [-0.15, -0.1) is 0 Å². The summed E-state index contributed by atoms with van der Waals surface area (Å²) in [5, 5.41) is 5.35. The number of halogens is 1. The molecular formula is C23H25BrN4O5. The zero-order valence-electron chi connectivity index (χ0n) is 18.4. The Labute approximate surface area is 198 Å². The Bertz CT molecular complexity index is 1250. The van der Waals surface area contributed by atoms with Gasteiger partial charge in [0.05, 0.1) is 30.6 Å². The number of nitrogens with zero attached hydrogens (tertiary/aromatic N) is 1. The molecule has 9 nitrogen and oxygen atoms in total. The Morgan fingerprint density at radius 1 is 1.12 bits per heavy atom. The summed E-state index contributed by atoms with van der Waals surface area (Å²) in [6.07, 6.45) is -0.0583. The van der Waals surface area contributed by atoms with Crippen molar-refractivity contribution < 1.29 is 19.1 Å². The van der Waals surface area contributed by atoms with Gasteiger partial charge in [0.15, 0.2) is 0 Å². The van der Waals surface area contributed by atoms with Crippen molar-refractivity contribution in [3.05, 3.63) is 68.0 Å². The van der Waals surface area contributed by atoms with E-state index in [4.69, 9.17) is 4.74 Å². The molecule has 0 aliphatic heterocycles. The molecule has 0 bridgehead atoms. The maximum absolute atomic E-state index is 12.5. The quantitative estimate of drug-likeness (QED) is 0.375. The third-order valence-electron chi connectivity index (χ3n) is 4.86. The molecular weight excluding hydrogens is 492 g/mol. The number of aromatic nitrogens is 2. The second-order valence-electron chi connectivity index (χ2n) is 7.50. The van der Waals surface area contributed by atoms with Crippen LogP contribution in [0.25, 0.3) is 11.0 Å². The number of hydrogen-bond acceptors (Lipinski definition) is 5. The van der Waals surface area contributed by atoms with Gasteiger partial charge in [-0.05, 0) is 48.7 Å². The van der Waals surface area contributed by atoms with Gasteiger partial charge < -0.3 is 20.4 Å². The van der Waals surface area contributed by atoms with Gasteiger partial charge in [0.2, 0.25) is 11.8 Å². The largest absolute Gasteiger partial charge is 0.465 e. The lowest BCUT2D eigenvalue weighted by Crippen LogP contribution is -2.37. The summed E-state index contributed by atoms with van der Waals surface area (Å²) < 4.78 is 7.13. The average Bonchev–Trinajstić information content (AvgIpc) is 3.05. The number of esters is 1. The van der Waals surface area contributed by atoms with Gasteiger partial charge in [0.1, 0.15) is 6.54 Å². The summed E-state index contributed by atoms with van der Waals surface area (Å²) >= 11 is 3.38. The monoisotopic (exact) mass is 516 g/mol. The molecule has 0 unspecified atom stereocenters. The minimum atomic E-state index is -0.543. The number of carbonyl (C=O) groups excluding carboxylic acids is 3. The number of amides is 2. The van der Waals surface area contributed by atoms with E-state index in [1.165, 1.54) is 4.57 Å². The molecule has 0 saturated carbocycles. The summed E-state index contributed by atoms with van der Waals surface area (Å²) in [6, 6.07) is 11.1. The highest BCUT2D eigenvalue weighted by molar-refractivity contribution is 9.10. The highest BCUT2D eigenvalue weighted by Crippen LogP contribution is 2.19. The predicted molar refractivity (Wildman–Crippen MR) is 127 cm³/mol. The lowest BCUT2D eigenvalue weighted by molar-refractivity contribution is -0.143. The van der Waals surface area contributed by atoms with Crippen LogP contribution < -0.4 is 16.3 Å². The van der Waals surface area contributed by atoms with Crippen molar-refractivity contribution in [1.29, 1.82) is 0 Å². The normalized spacial score (nSPS) is 10.8. The zero-order chi connectivity index (χ0) is 24.0. The molecule has 0 aliphatic rings. The number of hydrogen-bond donors (Lipinski definition) is 3. The van der Waals surface area contributed by atoms with Gasteiger partial charge in [-0.25, -0.2) is 4.79 Å². The molecule has 2 amide bonds. The van der Waals surface area contributed by atoms with Crippen LogP contribution in [0.3, 0.4) is 0 Å². The molecule has 0 spiro atoms. The molecule has 1 aromatic heterocycles. The van der Waals surface area contributed by atoms with Crippen molar-refractivity contribution in [1.82, 2.24) is 20.2 Å². The van der Waals surface area contributed by atoms with Gasteiger partial charge in [0, 0.05) is 11.0 Å². The number of carbonyl (C=O) groups is 3. The Morgan fingerprint density at radius 2 is 1.91 bits per heavy atom. The van der Waals surface area contributed by atoms with Crippen LogP contribution in [0.15, 0.2) is 45.7 Å². The molecule has 10 heteroatoms. The lowest BCUT2D eigenvalue weighted by Gasteiger charge is -2.10. The minimum Gasteiger partial charge on any atom is -0.465 e. The first kappa shape index (κ1) is 24.2. The summed E-state index contributed by atoms with van der Waals surface area (Å²) in [4.78, 5) is 51.7. The van der Waals surface area contributed by atoms with Crippen LogP contribution in [-0.4, -0.2) is 40.5 Å². The van der Waals surface area contributed by atoms with Gasteiger partial charge in [0.25, 0.3) is 0 Å². The first-order chi connectivity index (χ1) is 15.8. The Hall–Kier alpha value is -3.40. The minimum absolute atomic E-state index is 0.0583. The number of nitrogens with one attached hydrogen (secondary N) is 3. The predicted octanol–water partition coefficient (Wildman–Crippen LogP) is 1.94. The number of fused-ring (bicyclic) bond motifs is 1. The van der Waals surface area contributed by atoms with E-state index in [0.717, 1.165) is 15.6 Å². The SMILES string of the molecule is CCOC(=O)Cn1c(=O)[nH]c2cc(C)cc(CC(=O)NCC(=O)NCc3cccc(Br)c3)c21. The molecule has 0 aliphatic carbocycles. The van der Waals surface area contributed by atoms with Crippen LogP contribution in [0.1, 0.15) is 23.6 Å². The number of imidazole rings is 1. The third-order valence-corrected chi connectivity index (χ3v) is 5.35. The van der Waals surface area contributed by atoms with E-state index in [0.29, 0.717) is 23.1 Å². The van der Waals surface area contributed by atoms with Gasteiger partial charge >= 0.3 is 11.7 Å². The first-order valence-corrected chi connectivity index (χ1v) is 11.2. The van der Waals surface area contributed by atoms with Crippen LogP contribution in [0.4, 0.5) is 0 Å². The Kier molecular flexibility index (Phi) is 8.05. The maximum atomic E-state index is 12.5. The van der Waals surface area contributed by atoms with Crippen LogP contribution in [0, 0.1) is 6.92 Å². The molecule has 3 rings (SSSR count). The number of aromatic amines is 1. The highest BCUT2D eigenvalue weighted by Gasteiger charge is 2.17. The van der Waals surface area contributed by atoms with E-state index in [1.807, 2.05) is 31.2 Å². The molecule has 2 aromatic carbocycles. The number of ether oxygens (including phenoxy) is 1. The summed E-state index contributed by atoms with van der Waals surface area (Å²) in [6.45, 7) is 3.64. The van der Waals surface area contributed by atoms with Crippen LogP contribution in [0.5, 0.6) is 0 Å². The molecule has 0 radical (unpaired) electrons. The van der Waals surface area contributed by atoms with E-state index < -0.39 is 11.7 Å². The van der Waals surface area contributed by atoms with Crippen LogP contribution >= 0.6 is 15.9 Å². The van der Waals surface area contributed by atoms with Crippen LogP contribution in [-0.2, 0) is 38.6 Å². The lowest BCUT2D eigenvalue weighted by atomic mass is 10.1. The fraction of sp³-hybridized carbons (Fsp3) is 0.304. The molecule has 0 atom stereocenters. The van der Waals surface area contributed by atoms with E-state index in [-0.39, 0.29) is 37.9 Å². The molecule has 3 aromatic rings. The highest BCUT2D eigenvalue weighted by atomic mass is 79.9. The van der Waals surface area contributed by atoms with E-state index in [9.17, 15) is 19.2 Å². The fourth-order valence-corrected chi connectivity index (χ4v) is 3.94. The van der Waals surface area contributed by atoms with Crippen molar-refractivity contribution in [3.63, 3.8) is 0 Å². The number of rotatable bonds is 9. The van der Waals surface area contributed by atoms with Gasteiger partial charge in [-0.3, -0.25) is 19.0 Å². The number of benzene rings is 2. The summed E-state index contributed by atoms with van der Waals surface area (Å²) in [7, 11) is 0. The Morgan fingerprint density at radius 3 is 2.64 bits per heavy atom. The second kappa shape index (κ2) is 11.0. The van der Waals surface area contributed by atoms with Crippen molar-refractivity contribution in [3.8, 4) is 0 Å². The van der Waals surface area contributed by atoms with Crippen LogP contribution in [0.2, 0.25) is 0 Å². The molecule has 0 saturated heterocycles. The standard InChI is InChI=1S/C23H25BrN4O5/c1-3-33-21(31)13-28-22-16(7-14(2)8-18(22)27-23(28)32)10-19(29)26-12-20(30)25-11-15-5-4-6-17(24)9-15/h4-9H,3,10-13H2,1-2H3,(H,25,30)(H,26,29)(H,27,32). The summed E-state index contributed by atoms with van der Waals surface area (Å²) in [5.41, 5.74) is 2.88. The Balaban J connectivity index is 1.66. The van der Waals surface area contributed by atoms with Gasteiger partial charge in [-0.1, -0.05) is 34.1 Å². The second-order valence-corrected chi connectivity index (χ2v) is 8.42. The molecule has 33 heavy (non-hydrogen) atoms. The molecule has 0 fully saturated rings. The molecule has 174 valence electrons. The number of H-pyrrole nitrogens is 1. The van der Waals surface area contributed by atoms with Crippen molar-refractivity contribution in [2.75, 3.05) is 13.2 Å². The maximum Gasteiger partial charge on any atom is 0.327 e. The van der Waals surface area contributed by atoms with E-state index in [2.05, 4.69) is 31.5 Å². The van der Waals surface area contributed by atoms with E-state index in [1.54, 1.807) is 19.1 Å². The topological polar surface area (TPSA) is 122 Å².